The third-order valence-corrected chi connectivity index (χ3v) is 4.80. The van der Waals surface area contributed by atoms with E-state index >= 15 is 0 Å². The third-order valence-electron chi connectivity index (χ3n) is 4.80. The zero-order valence-electron chi connectivity index (χ0n) is 11.9. The number of hydrogen-bond donors (Lipinski definition) is 1. The lowest BCUT2D eigenvalue weighted by molar-refractivity contribution is 0.179. The molecular weight excluding hydrogens is 210 g/mol. The van der Waals surface area contributed by atoms with Gasteiger partial charge in [0.05, 0.1) is 0 Å². The molecular formula is C14H29N3. The number of nitrogens with two attached hydrogens (primary N) is 1. The minimum absolute atomic E-state index is 0.219. The summed E-state index contributed by atoms with van der Waals surface area (Å²) >= 11 is 0. The van der Waals surface area contributed by atoms with E-state index in [1.54, 1.807) is 0 Å². The van der Waals surface area contributed by atoms with E-state index in [-0.39, 0.29) is 11.5 Å². The Labute approximate surface area is 106 Å². The zero-order valence-corrected chi connectivity index (χ0v) is 11.9. The van der Waals surface area contributed by atoms with Crippen LogP contribution in [0, 0.1) is 5.41 Å². The predicted octanol–water partition coefficient (Wildman–Crippen LogP) is 1.53. The molecule has 0 amide bonds. The summed E-state index contributed by atoms with van der Waals surface area (Å²) in [6.07, 6.45) is 4.10. The Kier molecular flexibility index (Phi) is 3.81. The lowest BCUT2D eigenvalue weighted by atomic mass is 9.87. The zero-order chi connectivity index (χ0) is 12.6. The monoisotopic (exact) mass is 239 g/mol. The normalized spacial score (nSPS) is 33.7. The minimum Gasteiger partial charge on any atom is -0.326 e. The standard InChI is InChI=1S/C14H29N3/c1-14(2,3)13(15)10-17-8-7-11-5-6-12(9-17)16(11)4/h11-13H,5-10,15H2,1-4H3. The SMILES string of the molecule is CN1C2CCC1CN(CC(N)C(C)(C)C)CC2. The van der Waals surface area contributed by atoms with Crippen LogP contribution < -0.4 is 5.73 Å². The summed E-state index contributed by atoms with van der Waals surface area (Å²) in [4.78, 5) is 5.19. The van der Waals surface area contributed by atoms with Crippen LogP contribution in [0.4, 0.5) is 0 Å². The Balaban J connectivity index is 1.91. The van der Waals surface area contributed by atoms with Crippen molar-refractivity contribution in [2.75, 3.05) is 26.7 Å². The second kappa shape index (κ2) is 4.87. The Morgan fingerprint density at radius 2 is 1.82 bits per heavy atom. The van der Waals surface area contributed by atoms with Gasteiger partial charge in [-0.05, 0) is 38.3 Å². The summed E-state index contributed by atoms with van der Waals surface area (Å²) in [5.74, 6) is 0. The molecule has 2 rings (SSSR count). The van der Waals surface area contributed by atoms with E-state index in [0.29, 0.717) is 0 Å². The van der Waals surface area contributed by atoms with Crippen LogP contribution in [0.15, 0.2) is 0 Å². The molecule has 0 aliphatic carbocycles. The molecule has 0 spiro atoms. The van der Waals surface area contributed by atoms with Gasteiger partial charge in [0.1, 0.15) is 0 Å². The average Bonchev–Trinajstić information content (AvgIpc) is 2.44. The van der Waals surface area contributed by atoms with Crippen LogP contribution in [0.25, 0.3) is 0 Å². The Hall–Kier alpha value is -0.120. The first kappa shape index (κ1) is 13.3. The highest BCUT2D eigenvalue weighted by atomic mass is 15.3. The van der Waals surface area contributed by atoms with Crippen LogP contribution in [-0.4, -0.2) is 54.6 Å². The molecule has 0 aromatic carbocycles. The molecule has 3 nitrogen and oxygen atoms in total. The second-order valence-electron chi connectivity index (χ2n) is 7.07. The molecule has 17 heavy (non-hydrogen) atoms. The maximum Gasteiger partial charge on any atom is 0.0223 e. The summed E-state index contributed by atoms with van der Waals surface area (Å²) in [5, 5.41) is 0. The highest BCUT2D eigenvalue weighted by Crippen LogP contribution is 2.29. The minimum atomic E-state index is 0.219. The first-order chi connectivity index (χ1) is 7.88. The van der Waals surface area contributed by atoms with Gasteiger partial charge in [0, 0.05) is 31.2 Å². The summed E-state index contributed by atoms with van der Waals surface area (Å²) < 4.78 is 0. The number of rotatable bonds is 2. The predicted molar refractivity (Wildman–Crippen MR) is 73.1 cm³/mol. The first-order valence-electron chi connectivity index (χ1n) is 7.08. The molecule has 3 atom stereocenters. The maximum absolute atomic E-state index is 6.31. The second-order valence-corrected chi connectivity index (χ2v) is 7.07. The maximum atomic E-state index is 6.31. The van der Waals surface area contributed by atoms with E-state index in [9.17, 15) is 0 Å². The average molecular weight is 239 g/mol. The fourth-order valence-corrected chi connectivity index (χ4v) is 3.10. The van der Waals surface area contributed by atoms with Crippen molar-refractivity contribution < 1.29 is 0 Å². The van der Waals surface area contributed by atoms with Crippen LogP contribution in [0.5, 0.6) is 0 Å². The lowest BCUT2D eigenvalue weighted by Crippen LogP contribution is -2.47. The van der Waals surface area contributed by atoms with E-state index in [1.807, 2.05) is 0 Å². The van der Waals surface area contributed by atoms with E-state index < -0.39 is 0 Å². The lowest BCUT2D eigenvalue weighted by Gasteiger charge is -2.33. The smallest absolute Gasteiger partial charge is 0.0223 e. The van der Waals surface area contributed by atoms with Crippen molar-refractivity contribution in [1.29, 1.82) is 0 Å². The van der Waals surface area contributed by atoms with Crippen molar-refractivity contribution in [1.82, 2.24) is 9.80 Å². The topological polar surface area (TPSA) is 32.5 Å². The molecule has 2 aliphatic rings. The van der Waals surface area contributed by atoms with Gasteiger partial charge in [-0.2, -0.15) is 0 Å². The summed E-state index contributed by atoms with van der Waals surface area (Å²) in [6.45, 7) is 10.2. The van der Waals surface area contributed by atoms with Gasteiger partial charge < -0.3 is 10.6 Å². The molecule has 3 unspecified atom stereocenters. The third kappa shape index (κ3) is 3.01. The van der Waals surface area contributed by atoms with E-state index in [2.05, 4.69) is 37.6 Å². The highest BCUT2D eigenvalue weighted by molar-refractivity contribution is 4.92. The molecule has 0 aromatic heterocycles. The summed E-state index contributed by atoms with van der Waals surface area (Å²) in [7, 11) is 2.30. The molecule has 2 saturated heterocycles. The molecule has 0 radical (unpaired) electrons. The number of likely N-dealkylation sites (tertiary alicyclic amines) is 1. The van der Waals surface area contributed by atoms with Gasteiger partial charge in [0.15, 0.2) is 0 Å². The molecule has 2 fully saturated rings. The summed E-state index contributed by atoms with van der Waals surface area (Å²) in [6, 6.07) is 1.88. The largest absolute Gasteiger partial charge is 0.326 e. The van der Waals surface area contributed by atoms with Crippen LogP contribution in [0.1, 0.15) is 40.0 Å². The van der Waals surface area contributed by atoms with Gasteiger partial charge in [-0.3, -0.25) is 4.90 Å². The molecule has 100 valence electrons. The molecule has 2 heterocycles. The van der Waals surface area contributed by atoms with Crippen molar-refractivity contribution in [2.45, 2.75) is 58.2 Å². The first-order valence-corrected chi connectivity index (χ1v) is 7.08. The van der Waals surface area contributed by atoms with Gasteiger partial charge in [0.2, 0.25) is 0 Å². The van der Waals surface area contributed by atoms with E-state index in [0.717, 1.165) is 18.6 Å². The van der Waals surface area contributed by atoms with E-state index in [1.165, 1.54) is 32.4 Å². The fourth-order valence-electron chi connectivity index (χ4n) is 3.10. The van der Waals surface area contributed by atoms with Crippen LogP contribution in [-0.2, 0) is 0 Å². The molecule has 2 N–H and O–H groups in total. The van der Waals surface area contributed by atoms with Crippen molar-refractivity contribution in [2.24, 2.45) is 11.1 Å². The number of nitrogens with zero attached hydrogens (tertiary/aromatic N) is 2. The molecule has 0 saturated carbocycles. The number of hydrogen-bond acceptors (Lipinski definition) is 3. The van der Waals surface area contributed by atoms with Crippen molar-refractivity contribution >= 4 is 0 Å². The Morgan fingerprint density at radius 3 is 2.47 bits per heavy atom. The van der Waals surface area contributed by atoms with Crippen molar-refractivity contribution in [3.05, 3.63) is 0 Å². The van der Waals surface area contributed by atoms with E-state index in [4.69, 9.17) is 5.73 Å². The Bertz CT molecular complexity index is 259. The van der Waals surface area contributed by atoms with Crippen LogP contribution in [0.3, 0.4) is 0 Å². The van der Waals surface area contributed by atoms with Crippen LogP contribution >= 0.6 is 0 Å². The van der Waals surface area contributed by atoms with Crippen LogP contribution in [0.2, 0.25) is 0 Å². The van der Waals surface area contributed by atoms with Gasteiger partial charge in [0.25, 0.3) is 0 Å². The number of fused-ring (bicyclic) bond motifs is 2. The molecule has 3 heteroatoms. The number of likely N-dealkylation sites (N-methyl/N-ethyl adjacent to an activating group) is 1. The van der Waals surface area contributed by atoms with Gasteiger partial charge in [-0.15, -0.1) is 0 Å². The summed E-state index contributed by atoms with van der Waals surface area (Å²) in [5.41, 5.74) is 6.53. The van der Waals surface area contributed by atoms with Crippen molar-refractivity contribution in [3.8, 4) is 0 Å². The van der Waals surface area contributed by atoms with Gasteiger partial charge >= 0.3 is 0 Å². The Morgan fingerprint density at radius 1 is 1.18 bits per heavy atom. The van der Waals surface area contributed by atoms with Gasteiger partial charge in [-0.25, -0.2) is 0 Å². The molecule has 2 bridgehead atoms. The fraction of sp³-hybridized carbons (Fsp3) is 1.00. The van der Waals surface area contributed by atoms with Crippen molar-refractivity contribution in [3.63, 3.8) is 0 Å². The molecule has 2 aliphatic heterocycles. The molecule has 0 aromatic rings. The highest BCUT2D eigenvalue weighted by Gasteiger charge is 2.35. The van der Waals surface area contributed by atoms with Gasteiger partial charge in [-0.1, -0.05) is 20.8 Å². The quantitative estimate of drug-likeness (QED) is 0.793.